The molecule has 3 N–H and O–H groups in total. The van der Waals surface area contributed by atoms with Crippen LogP contribution in [0.3, 0.4) is 0 Å². The van der Waals surface area contributed by atoms with Gasteiger partial charge in [-0.25, -0.2) is 9.67 Å². The summed E-state index contributed by atoms with van der Waals surface area (Å²) in [4.78, 5) is 16.0. The van der Waals surface area contributed by atoms with Crippen LogP contribution >= 0.6 is 0 Å². The molecule has 0 atom stereocenters. The van der Waals surface area contributed by atoms with Crippen molar-refractivity contribution in [2.75, 3.05) is 6.54 Å². The number of pyridine rings is 1. The Kier molecular flexibility index (Phi) is 5.41. The Morgan fingerprint density at radius 2 is 1.96 bits per heavy atom. The van der Waals surface area contributed by atoms with E-state index < -0.39 is 23.2 Å². The van der Waals surface area contributed by atoms with Crippen LogP contribution in [0.2, 0.25) is 0 Å². The number of alkyl halides is 3. The van der Waals surface area contributed by atoms with Crippen LogP contribution in [-0.2, 0) is 6.18 Å². The molecule has 0 radical (unpaired) electrons. The van der Waals surface area contributed by atoms with Crippen molar-refractivity contribution in [2.24, 2.45) is 5.73 Å². The zero-order chi connectivity index (χ0) is 18.7. The Morgan fingerprint density at radius 1 is 1.28 bits per heavy atom. The van der Waals surface area contributed by atoms with Gasteiger partial charge in [0.2, 0.25) is 0 Å². The highest BCUT2D eigenvalue weighted by atomic mass is 19.4. The fourth-order valence-electron chi connectivity index (χ4n) is 2.24. The van der Waals surface area contributed by atoms with Crippen LogP contribution in [-0.4, -0.2) is 38.0 Å². The number of aromatic nitrogens is 4. The molecule has 10 heteroatoms. The summed E-state index contributed by atoms with van der Waals surface area (Å²) < 4.78 is 38.8. The highest BCUT2D eigenvalue weighted by molar-refractivity contribution is 5.92. The standard InChI is InChI=1S/C15H19F3N6O/c1-3-14(4-2,9-19)21-13(25)11-8-24(23-22-11)12-6-5-10(7-20-12)15(16,17)18/h5-8H,3-4,9,19H2,1-2H3,(H,21,25). The van der Waals surface area contributed by atoms with Crippen molar-refractivity contribution in [1.82, 2.24) is 25.3 Å². The molecule has 0 spiro atoms. The monoisotopic (exact) mass is 356 g/mol. The number of carbonyl (C=O) groups excluding carboxylic acids is 1. The van der Waals surface area contributed by atoms with Crippen molar-refractivity contribution in [3.63, 3.8) is 0 Å². The first-order valence-electron chi connectivity index (χ1n) is 7.73. The molecule has 1 amide bonds. The molecule has 2 rings (SSSR count). The minimum absolute atomic E-state index is 0.0291. The fourth-order valence-corrected chi connectivity index (χ4v) is 2.24. The van der Waals surface area contributed by atoms with Crippen molar-refractivity contribution >= 4 is 5.91 Å². The van der Waals surface area contributed by atoms with E-state index in [0.717, 1.165) is 16.8 Å². The Labute approximate surface area is 142 Å². The van der Waals surface area contributed by atoms with Crippen LogP contribution in [0.1, 0.15) is 42.7 Å². The van der Waals surface area contributed by atoms with Crippen LogP contribution in [0.15, 0.2) is 24.5 Å². The summed E-state index contributed by atoms with van der Waals surface area (Å²) in [6.45, 7) is 4.11. The lowest BCUT2D eigenvalue weighted by Crippen LogP contribution is -2.53. The quantitative estimate of drug-likeness (QED) is 0.824. The van der Waals surface area contributed by atoms with Crippen molar-refractivity contribution < 1.29 is 18.0 Å². The first-order chi connectivity index (χ1) is 11.7. The number of hydrogen-bond acceptors (Lipinski definition) is 5. The third-order valence-electron chi connectivity index (χ3n) is 4.16. The van der Waals surface area contributed by atoms with E-state index >= 15 is 0 Å². The van der Waals surface area contributed by atoms with Crippen LogP contribution in [0.25, 0.3) is 5.82 Å². The highest BCUT2D eigenvalue weighted by Gasteiger charge is 2.31. The van der Waals surface area contributed by atoms with Gasteiger partial charge in [-0.3, -0.25) is 4.79 Å². The largest absolute Gasteiger partial charge is 0.417 e. The van der Waals surface area contributed by atoms with Gasteiger partial charge in [-0.1, -0.05) is 19.1 Å². The number of carbonyl (C=O) groups is 1. The fraction of sp³-hybridized carbons (Fsp3) is 0.467. The molecule has 0 saturated heterocycles. The van der Waals surface area contributed by atoms with Gasteiger partial charge in [-0.05, 0) is 25.0 Å². The van der Waals surface area contributed by atoms with Crippen LogP contribution in [0, 0.1) is 0 Å². The van der Waals surface area contributed by atoms with Crippen molar-refractivity contribution in [3.8, 4) is 5.82 Å². The summed E-state index contributed by atoms with van der Waals surface area (Å²) in [5, 5.41) is 10.3. The van der Waals surface area contributed by atoms with Crippen molar-refractivity contribution in [3.05, 3.63) is 35.8 Å². The Morgan fingerprint density at radius 3 is 2.44 bits per heavy atom. The molecule has 0 fully saturated rings. The summed E-state index contributed by atoms with van der Waals surface area (Å²) >= 11 is 0. The smallest absolute Gasteiger partial charge is 0.344 e. The molecular weight excluding hydrogens is 337 g/mol. The number of amides is 1. The molecule has 0 bridgehead atoms. The average Bonchev–Trinajstić information content (AvgIpc) is 3.09. The molecule has 25 heavy (non-hydrogen) atoms. The molecule has 7 nitrogen and oxygen atoms in total. The molecule has 0 aromatic carbocycles. The second-order valence-electron chi connectivity index (χ2n) is 5.60. The number of halogens is 3. The maximum atomic E-state index is 12.6. The molecular formula is C15H19F3N6O. The predicted molar refractivity (Wildman–Crippen MR) is 84.0 cm³/mol. The molecule has 2 aromatic rings. The Hall–Kier alpha value is -2.49. The first-order valence-corrected chi connectivity index (χ1v) is 7.73. The number of nitrogens with zero attached hydrogens (tertiary/aromatic N) is 4. The van der Waals surface area contributed by atoms with Gasteiger partial charge in [0.25, 0.3) is 5.91 Å². The lowest BCUT2D eigenvalue weighted by atomic mass is 9.93. The molecule has 0 aliphatic carbocycles. The number of hydrogen-bond donors (Lipinski definition) is 2. The molecule has 2 aromatic heterocycles. The summed E-state index contributed by atoms with van der Waals surface area (Å²) in [7, 11) is 0. The van der Waals surface area contributed by atoms with E-state index in [1.807, 2.05) is 13.8 Å². The topological polar surface area (TPSA) is 98.7 Å². The van der Waals surface area contributed by atoms with Gasteiger partial charge < -0.3 is 11.1 Å². The van der Waals surface area contributed by atoms with Crippen molar-refractivity contribution in [2.45, 2.75) is 38.4 Å². The van der Waals surface area contributed by atoms with E-state index in [1.54, 1.807) is 0 Å². The summed E-state index contributed by atoms with van der Waals surface area (Å²) in [6.07, 6.45) is -1.16. The van der Waals surface area contributed by atoms with Gasteiger partial charge >= 0.3 is 6.18 Å². The van der Waals surface area contributed by atoms with Gasteiger partial charge in [-0.2, -0.15) is 13.2 Å². The van der Waals surface area contributed by atoms with E-state index in [4.69, 9.17) is 5.73 Å². The van der Waals surface area contributed by atoms with Crippen LogP contribution < -0.4 is 11.1 Å². The van der Waals surface area contributed by atoms with Gasteiger partial charge in [0.05, 0.1) is 17.3 Å². The highest BCUT2D eigenvalue weighted by Crippen LogP contribution is 2.28. The molecule has 2 heterocycles. The number of nitrogens with one attached hydrogen (secondary N) is 1. The van der Waals surface area contributed by atoms with Gasteiger partial charge in [0.1, 0.15) is 0 Å². The summed E-state index contributed by atoms with van der Waals surface area (Å²) in [6, 6.07) is 2.04. The Balaban J connectivity index is 2.18. The second-order valence-corrected chi connectivity index (χ2v) is 5.60. The van der Waals surface area contributed by atoms with Gasteiger partial charge in [0, 0.05) is 12.7 Å². The van der Waals surface area contributed by atoms with Crippen molar-refractivity contribution in [1.29, 1.82) is 0 Å². The van der Waals surface area contributed by atoms with Crippen LogP contribution in [0.5, 0.6) is 0 Å². The van der Waals surface area contributed by atoms with Gasteiger partial charge in [0.15, 0.2) is 11.5 Å². The van der Waals surface area contributed by atoms with E-state index in [1.165, 1.54) is 6.20 Å². The molecule has 0 aliphatic heterocycles. The third-order valence-corrected chi connectivity index (χ3v) is 4.16. The first kappa shape index (κ1) is 18.8. The lowest BCUT2D eigenvalue weighted by molar-refractivity contribution is -0.137. The summed E-state index contributed by atoms with van der Waals surface area (Å²) in [5.74, 6) is -0.331. The third kappa shape index (κ3) is 4.13. The average molecular weight is 356 g/mol. The minimum atomic E-state index is -4.47. The summed E-state index contributed by atoms with van der Waals surface area (Å²) in [5.41, 5.74) is 4.37. The SMILES string of the molecule is CCC(CC)(CN)NC(=O)c1cn(-c2ccc(C(F)(F)F)cn2)nn1. The van der Waals surface area contributed by atoms with E-state index in [-0.39, 0.29) is 18.1 Å². The molecule has 0 aliphatic rings. The molecule has 0 unspecified atom stereocenters. The maximum Gasteiger partial charge on any atom is 0.417 e. The predicted octanol–water partition coefficient (Wildman–Crippen LogP) is 1.93. The van der Waals surface area contributed by atoms with Crippen LogP contribution in [0.4, 0.5) is 13.2 Å². The number of nitrogens with two attached hydrogens (primary N) is 1. The normalized spacial score (nSPS) is 12.2. The lowest BCUT2D eigenvalue weighted by Gasteiger charge is -2.30. The molecule has 0 saturated carbocycles. The molecule has 136 valence electrons. The Bertz CT molecular complexity index is 713. The zero-order valence-corrected chi connectivity index (χ0v) is 13.8. The second kappa shape index (κ2) is 7.18. The number of rotatable bonds is 6. The van der Waals surface area contributed by atoms with E-state index in [2.05, 4.69) is 20.6 Å². The maximum absolute atomic E-state index is 12.6. The van der Waals surface area contributed by atoms with E-state index in [9.17, 15) is 18.0 Å². The zero-order valence-electron chi connectivity index (χ0n) is 13.8. The minimum Gasteiger partial charge on any atom is -0.344 e. The van der Waals surface area contributed by atoms with Gasteiger partial charge in [-0.15, -0.1) is 5.10 Å². The van der Waals surface area contributed by atoms with E-state index in [0.29, 0.717) is 19.0 Å².